The van der Waals surface area contributed by atoms with E-state index in [1.165, 1.54) is 0 Å². The predicted octanol–water partition coefficient (Wildman–Crippen LogP) is 2.81. The first kappa shape index (κ1) is 10.7. The number of aromatic hydroxyl groups is 1. The van der Waals surface area contributed by atoms with Gasteiger partial charge >= 0.3 is 6.18 Å². The number of phenols is 1. The van der Waals surface area contributed by atoms with Crippen LogP contribution in [0.25, 0.3) is 0 Å². The summed E-state index contributed by atoms with van der Waals surface area (Å²) < 4.78 is 41.9. The second-order valence-electron chi connectivity index (χ2n) is 2.61. The fourth-order valence-electron chi connectivity index (χ4n) is 1.02. The summed E-state index contributed by atoms with van der Waals surface area (Å²) in [7, 11) is 0. The van der Waals surface area contributed by atoms with Crippen molar-refractivity contribution in [3.8, 4) is 11.5 Å². The summed E-state index contributed by atoms with van der Waals surface area (Å²) in [5, 5.41) is 8.91. The lowest BCUT2D eigenvalue weighted by Gasteiger charge is -2.12. The predicted molar refractivity (Wildman–Crippen MR) is 44.3 cm³/mol. The highest BCUT2D eigenvalue weighted by Gasteiger charge is 2.34. The largest absolute Gasteiger partial charge is 0.508 e. The van der Waals surface area contributed by atoms with Crippen molar-refractivity contribution < 1.29 is 23.0 Å². The van der Waals surface area contributed by atoms with E-state index < -0.39 is 17.5 Å². The van der Waals surface area contributed by atoms with E-state index in [1.54, 1.807) is 6.92 Å². The van der Waals surface area contributed by atoms with Crippen LogP contribution in [0, 0.1) is 0 Å². The molecule has 0 spiro atoms. The number of hydrogen-bond donors (Lipinski definition) is 1. The number of benzene rings is 1. The minimum atomic E-state index is -4.51. The summed E-state index contributed by atoms with van der Waals surface area (Å²) in [5.74, 6) is -0.696. The molecule has 1 aromatic rings. The van der Waals surface area contributed by atoms with Crippen LogP contribution in [0.1, 0.15) is 12.5 Å². The van der Waals surface area contributed by atoms with E-state index >= 15 is 0 Å². The van der Waals surface area contributed by atoms with Gasteiger partial charge in [0.1, 0.15) is 17.1 Å². The summed E-state index contributed by atoms with van der Waals surface area (Å²) in [4.78, 5) is 0. The van der Waals surface area contributed by atoms with Crippen LogP contribution in [-0.4, -0.2) is 11.7 Å². The van der Waals surface area contributed by atoms with Crippen LogP contribution in [0.15, 0.2) is 18.2 Å². The van der Waals surface area contributed by atoms with Gasteiger partial charge in [-0.05, 0) is 25.1 Å². The maximum Gasteiger partial charge on any atom is 0.420 e. The van der Waals surface area contributed by atoms with E-state index in [2.05, 4.69) is 0 Å². The molecule has 2 nitrogen and oxygen atoms in total. The molecule has 0 amide bonds. The van der Waals surface area contributed by atoms with E-state index in [0.717, 1.165) is 12.1 Å². The summed E-state index contributed by atoms with van der Waals surface area (Å²) in [5.41, 5.74) is -0.959. The van der Waals surface area contributed by atoms with Gasteiger partial charge in [0, 0.05) is 0 Å². The van der Waals surface area contributed by atoms with E-state index in [-0.39, 0.29) is 12.4 Å². The maximum absolute atomic E-state index is 12.4. The first-order chi connectivity index (χ1) is 6.45. The van der Waals surface area contributed by atoms with Gasteiger partial charge in [-0.15, -0.1) is 0 Å². The fraction of sp³-hybridized carbons (Fsp3) is 0.333. The first-order valence-electron chi connectivity index (χ1n) is 3.98. The van der Waals surface area contributed by atoms with Gasteiger partial charge in [-0.2, -0.15) is 13.2 Å². The molecule has 1 N–H and O–H groups in total. The lowest BCUT2D eigenvalue weighted by atomic mass is 10.2. The normalized spacial score (nSPS) is 11.4. The second kappa shape index (κ2) is 3.77. The van der Waals surface area contributed by atoms with Crippen LogP contribution in [0.5, 0.6) is 11.5 Å². The van der Waals surface area contributed by atoms with Gasteiger partial charge in [0.25, 0.3) is 0 Å². The Morgan fingerprint density at radius 3 is 2.50 bits per heavy atom. The first-order valence-corrected chi connectivity index (χ1v) is 3.98. The lowest BCUT2D eigenvalue weighted by molar-refractivity contribution is -0.139. The summed E-state index contributed by atoms with van der Waals surface area (Å²) in [6.07, 6.45) is -4.51. The fourth-order valence-corrected chi connectivity index (χ4v) is 1.02. The number of hydrogen-bond acceptors (Lipinski definition) is 2. The van der Waals surface area contributed by atoms with Crippen molar-refractivity contribution in [1.29, 1.82) is 0 Å². The molecule has 0 radical (unpaired) electrons. The Hall–Kier alpha value is -1.39. The molecule has 0 unspecified atom stereocenters. The molecule has 0 atom stereocenters. The van der Waals surface area contributed by atoms with Crippen molar-refractivity contribution in [2.75, 3.05) is 6.61 Å². The quantitative estimate of drug-likeness (QED) is 0.806. The Balaban J connectivity index is 3.16. The molecule has 5 heteroatoms. The van der Waals surface area contributed by atoms with Gasteiger partial charge in [0.2, 0.25) is 0 Å². The van der Waals surface area contributed by atoms with Crippen LogP contribution in [-0.2, 0) is 6.18 Å². The van der Waals surface area contributed by atoms with Gasteiger partial charge in [0.05, 0.1) is 6.61 Å². The Morgan fingerprint density at radius 2 is 2.00 bits per heavy atom. The molecule has 0 saturated heterocycles. The van der Waals surface area contributed by atoms with Gasteiger partial charge in [-0.25, -0.2) is 0 Å². The third kappa shape index (κ3) is 2.31. The van der Waals surface area contributed by atoms with Crippen LogP contribution in [0.3, 0.4) is 0 Å². The summed E-state index contributed by atoms with van der Waals surface area (Å²) in [6.45, 7) is 1.74. The SMILES string of the molecule is CCOc1ccc(O)cc1C(F)(F)F. The van der Waals surface area contributed by atoms with Crippen LogP contribution in [0.2, 0.25) is 0 Å². The van der Waals surface area contributed by atoms with E-state index in [9.17, 15) is 13.2 Å². The van der Waals surface area contributed by atoms with E-state index in [4.69, 9.17) is 9.84 Å². The zero-order chi connectivity index (χ0) is 10.8. The molecule has 0 aliphatic heterocycles. The number of ether oxygens (including phenoxy) is 1. The molecule has 0 heterocycles. The third-order valence-corrected chi connectivity index (χ3v) is 1.57. The molecule has 0 aliphatic rings. The molecule has 1 rings (SSSR count). The minimum absolute atomic E-state index is 0.147. The molecule has 0 aromatic heterocycles. The molecule has 1 aromatic carbocycles. The third-order valence-electron chi connectivity index (χ3n) is 1.57. The lowest BCUT2D eigenvalue weighted by Crippen LogP contribution is -2.08. The monoisotopic (exact) mass is 206 g/mol. The Kier molecular flexibility index (Phi) is 2.88. The van der Waals surface area contributed by atoms with Gasteiger partial charge in [-0.1, -0.05) is 0 Å². The highest BCUT2D eigenvalue weighted by molar-refractivity contribution is 5.41. The number of rotatable bonds is 2. The highest BCUT2D eigenvalue weighted by Crippen LogP contribution is 2.38. The zero-order valence-corrected chi connectivity index (χ0v) is 7.43. The van der Waals surface area contributed by atoms with Crippen LogP contribution in [0.4, 0.5) is 13.2 Å². The Bertz CT molecular complexity index is 320. The van der Waals surface area contributed by atoms with E-state index in [1.807, 2.05) is 0 Å². The van der Waals surface area contributed by atoms with Crippen molar-refractivity contribution in [3.63, 3.8) is 0 Å². The van der Waals surface area contributed by atoms with Crippen molar-refractivity contribution in [2.24, 2.45) is 0 Å². The van der Waals surface area contributed by atoms with Crippen molar-refractivity contribution in [3.05, 3.63) is 23.8 Å². The smallest absolute Gasteiger partial charge is 0.420 e. The Labute approximate surface area is 78.9 Å². The van der Waals surface area contributed by atoms with Crippen LogP contribution < -0.4 is 4.74 Å². The Morgan fingerprint density at radius 1 is 1.36 bits per heavy atom. The molecule has 14 heavy (non-hydrogen) atoms. The van der Waals surface area contributed by atoms with Gasteiger partial charge in [0.15, 0.2) is 0 Å². The maximum atomic E-state index is 12.4. The standard InChI is InChI=1S/C9H9F3O2/c1-2-14-8-4-3-6(13)5-7(8)9(10,11)12/h3-5,13H,2H2,1H3. The van der Waals surface area contributed by atoms with Gasteiger partial charge in [-0.3, -0.25) is 0 Å². The average Bonchev–Trinajstić information content (AvgIpc) is 2.07. The molecule has 0 aliphatic carbocycles. The van der Waals surface area contributed by atoms with Crippen molar-refractivity contribution >= 4 is 0 Å². The van der Waals surface area contributed by atoms with Crippen LogP contribution >= 0.6 is 0 Å². The molecule has 0 bridgehead atoms. The number of alkyl halides is 3. The summed E-state index contributed by atoms with van der Waals surface area (Å²) >= 11 is 0. The van der Waals surface area contributed by atoms with Crippen molar-refractivity contribution in [1.82, 2.24) is 0 Å². The average molecular weight is 206 g/mol. The molecule has 0 fully saturated rings. The number of phenolic OH excluding ortho intramolecular Hbond substituents is 1. The second-order valence-corrected chi connectivity index (χ2v) is 2.61. The summed E-state index contributed by atoms with van der Waals surface area (Å²) in [6, 6.07) is 2.90. The molecule has 0 saturated carbocycles. The van der Waals surface area contributed by atoms with E-state index in [0.29, 0.717) is 6.07 Å². The molecular formula is C9H9F3O2. The van der Waals surface area contributed by atoms with Crippen molar-refractivity contribution in [2.45, 2.75) is 13.1 Å². The zero-order valence-electron chi connectivity index (χ0n) is 7.43. The minimum Gasteiger partial charge on any atom is -0.508 e. The topological polar surface area (TPSA) is 29.5 Å². The molecular weight excluding hydrogens is 197 g/mol. The number of halogens is 3. The molecule has 78 valence electrons. The highest BCUT2D eigenvalue weighted by atomic mass is 19.4. The van der Waals surface area contributed by atoms with Gasteiger partial charge < -0.3 is 9.84 Å².